The lowest BCUT2D eigenvalue weighted by Crippen LogP contribution is -2.37. The number of ketones is 1. The third-order valence-electron chi connectivity index (χ3n) is 6.69. The van der Waals surface area contributed by atoms with Crippen LogP contribution in [-0.2, 0) is 27.8 Å². The van der Waals surface area contributed by atoms with Crippen LogP contribution in [-0.4, -0.2) is 69.9 Å². The molecule has 1 saturated heterocycles. The molecule has 3 aromatic heterocycles. The first-order valence-corrected chi connectivity index (χ1v) is 13.7. The summed E-state index contributed by atoms with van der Waals surface area (Å²) in [7, 11) is 0. The number of hydrogen-bond acceptors (Lipinski definition) is 8. The van der Waals surface area contributed by atoms with Crippen LogP contribution in [0.4, 0.5) is 0 Å². The lowest BCUT2D eigenvalue weighted by Gasteiger charge is -2.26. The van der Waals surface area contributed by atoms with Crippen molar-refractivity contribution in [2.75, 3.05) is 39.5 Å². The Kier molecular flexibility index (Phi) is 8.58. The molecule has 4 aromatic rings. The smallest absolute Gasteiger partial charge is 0.158 e. The molecule has 40 heavy (non-hydrogen) atoms. The maximum Gasteiger partial charge on any atom is 0.158 e. The van der Waals surface area contributed by atoms with Gasteiger partial charge in [-0.25, -0.2) is 9.50 Å². The summed E-state index contributed by atoms with van der Waals surface area (Å²) < 4.78 is 18.4. The molecule has 0 unspecified atom stereocenters. The highest BCUT2D eigenvalue weighted by Crippen LogP contribution is 2.23. The average Bonchev–Trinajstić information content (AvgIpc) is 3.58. The summed E-state index contributed by atoms with van der Waals surface area (Å²) in [5.74, 6) is 7.87. The van der Waals surface area contributed by atoms with E-state index in [1.807, 2.05) is 36.4 Å². The lowest BCUT2D eigenvalue weighted by molar-refractivity contribution is -0.117. The number of nitrogens with zero attached hydrogens (tertiary/aromatic N) is 5. The molecular formula is C31H35N5O4. The van der Waals surface area contributed by atoms with Gasteiger partial charge in [0.2, 0.25) is 0 Å². The first-order chi connectivity index (χ1) is 19.3. The summed E-state index contributed by atoms with van der Waals surface area (Å²) >= 11 is 0. The number of aromatic nitrogens is 4. The topological polar surface area (TPSA) is 95.0 Å². The van der Waals surface area contributed by atoms with Gasteiger partial charge in [0.15, 0.2) is 5.65 Å². The SMILES string of the molecule is CC(C)(C)c1cc(CC(=O)Cc2ccc(C#Cc3cnc4cc(OCCCN5CCOCC5)cnn34)cc2)no1. The molecule has 5 rings (SSSR count). The number of rotatable bonds is 9. The molecule has 0 N–H and O–H groups in total. The van der Waals surface area contributed by atoms with Crippen molar-refractivity contribution in [3.05, 3.63) is 77.1 Å². The van der Waals surface area contributed by atoms with Crippen LogP contribution < -0.4 is 4.74 Å². The number of Topliss-reactive ketones (excluding diaryl/α,β-unsaturated/α-hetero) is 1. The van der Waals surface area contributed by atoms with Gasteiger partial charge in [0.1, 0.15) is 23.0 Å². The van der Waals surface area contributed by atoms with Gasteiger partial charge in [-0.3, -0.25) is 9.69 Å². The minimum atomic E-state index is -0.134. The number of fused-ring (bicyclic) bond motifs is 1. The average molecular weight is 542 g/mol. The van der Waals surface area contributed by atoms with Crippen molar-refractivity contribution in [3.63, 3.8) is 0 Å². The third-order valence-corrected chi connectivity index (χ3v) is 6.69. The first kappa shape index (κ1) is 27.6. The molecular weight excluding hydrogens is 506 g/mol. The van der Waals surface area contributed by atoms with Gasteiger partial charge < -0.3 is 14.0 Å². The fourth-order valence-electron chi connectivity index (χ4n) is 4.41. The largest absolute Gasteiger partial charge is 0.492 e. The van der Waals surface area contributed by atoms with Gasteiger partial charge in [-0.05, 0) is 30.0 Å². The fraction of sp³-hybridized carbons (Fsp3) is 0.419. The Hall–Kier alpha value is -4.00. The molecule has 208 valence electrons. The Morgan fingerprint density at radius 1 is 1.05 bits per heavy atom. The summed E-state index contributed by atoms with van der Waals surface area (Å²) in [5.41, 5.74) is 3.69. The first-order valence-electron chi connectivity index (χ1n) is 13.7. The van der Waals surface area contributed by atoms with Crippen LogP contribution in [0.2, 0.25) is 0 Å². The van der Waals surface area contributed by atoms with E-state index >= 15 is 0 Å². The molecule has 0 spiro atoms. The van der Waals surface area contributed by atoms with E-state index in [1.54, 1.807) is 16.9 Å². The lowest BCUT2D eigenvalue weighted by atomic mass is 9.93. The van der Waals surface area contributed by atoms with Crippen LogP contribution in [0.1, 0.15) is 55.5 Å². The third kappa shape index (κ3) is 7.34. The van der Waals surface area contributed by atoms with Crippen LogP contribution in [0.15, 0.2) is 53.3 Å². The second-order valence-corrected chi connectivity index (χ2v) is 11.0. The zero-order valence-corrected chi connectivity index (χ0v) is 23.4. The molecule has 0 saturated carbocycles. The quantitative estimate of drug-likeness (QED) is 0.233. The van der Waals surface area contributed by atoms with Crippen molar-refractivity contribution in [1.29, 1.82) is 0 Å². The van der Waals surface area contributed by atoms with Gasteiger partial charge in [-0.15, -0.1) is 0 Å². The van der Waals surface area contributed by atoms with Crippen LogP contribution in [0.3, 0.4) is 0 Å². The van der Waals surface area contributed by atoms with Gasteiger partial charge in [-0.1, -0.05) is 44.0 Å². The normalized spacial score (nSPS) is 14.2. The predicted molar refractivity (Wildman–Crippen MR) is 150 cm³/mol. The number of carbonyl (C=O) groups excluding carboxylic acids is 1. The van der Waals surface area contributed by atoms with Crippen LogP contribution >= 0.6 is 0 Å². The van der Waals surface area contributed by atoms with E-state index in [2.05, 4.69) is 52.8 Å². The molecule has 0 atom stereocenters. The van der Waals surface area contributed by atoms with E-state index in [4.69, 9.17) is 14.0 Å². The monoisotopic (exact) mass is 541 g/mol. The molecule has 1 aliphatic rings. The van der Waals surface area contributed by atoms with E-state index in [9.17, 15) is 4.79 Å². The Morgan fingerprint density at radius 2 is 1.85 bits per heavy atom. The zero-order valence-electron chi connectivity index (χ0n) is 23.4. The zero-order chi connectivity index (χ0) is 28.0. The summed E-state index contributed by atoms with van der Waals surface area (Å²) in [6.45, 7) is 11.4. The number of imidazole rings is 1. The molecule has 0 amide bonds. The highest BCUT2D eigenvalue weighted by Gasteiger charge is 2.20. The summed E-state index contributed by atoms with van der Waals surface area (Å²) in [4.78, 5) is 19.4. The van der Waals surface area contributed by atoms with Gasteiger partial charge in [0, 0.05) is 49.2 Å². The van der Waals surface area contributed by atoms with Crippen molar-refractivity contribution in [1.82, 2.24) is 24.7 Å². The van der Waals surface area contributed by atoms with Gasteiger partial charge in [0.25, 0.3) is 0 Å². The number of morpholine rings is 1. The summed E-state index contributed by atoms with van der Waals surface area (Å²) in [6, 6.07) is 11.4. The van der Waals surface area contributed by atoms with Crippen LogP contribution in [0.25, 0.3) is 5.65 Å². The Balaban J connectivity index is 1.13. The molecule has 1 aromatic carbocycles. The summed E-state index contributed by atoms with van der Waals surface area (Å²) in [6.07, 6.45) is 4.94. The molecule has 9 nitrogen and oxygen atoms in total. The van der Waals surface area contributed by atoms with Gasteiger partial charge >= 0.3 is 0 Å². The van der Waals surface area contributed by atoms with Gasteiger partial charge in [0.05, 0.1) is 44.3 Å². The standard InChI is InChI=1S/C31H35N5O4/c1-31(2,3)29-19-25(34-40-29)18-27(37)17-24-7-5-23(6-8-24)9-10-26-21-32-30-20-28(22-33-36(26)30)39-14-4-11-35-12-15-38-16-13-35/h5-8,19-22H,4,11-18H2,1-3H3. The van der Waals surface area contributed by atoms with E-state index < -0.39 is 0 Å². The van der Waals surface area contributed by atoms with E-state index in [1.165, 1.54) is 0 Å². The molecule has 0 bridgehead atoms. The maximum absolute atomic E-state index is 12.6. The van der Waals surface area contributed by atoms with Gasteiger partial charge in [-0.2, -0.15) is 5.10 Å². The predicted octanol–water partition coefficient (Wildman–Crippen LogP) is 3.87. The Morgan fingerprint density at radius 3 is 2.60 bits per heavy atom. The molecule has 9 heteroatoms. The molecule has 1 fully saturated rings. The Bertz CT molecular complexity index is 1500. The number of hydrogen-bond donors (Lipinski definition) is 0. The number of ether oxygens (including phenoxy) is 2. The highest BCUT2D eigenvalue weighted by molar-refractivity contribution is 5.82. The molecule has 0 aliphatic carbocycles. The maximum atomic E-state index is 12.6. The van der Waals surface area contributed by atoms with Crippen molar-refractivity contribution in [3.8, 4) is 17.6 Å². The molecule has 4 heterocycles. The van der Waals surface area contributed by atoms with Crippen LogP contribution in [0, 0.1) is 11.8 Å². The van der Waals surface area contributed by atoms with Crippen molar-refractivity contribution < 1.29 is 18.8 Å². The minimum Gasteiger partial charge on any atom is -0.492 e. The van der Waals surface area contributed by atoms with E-state index in [-0.39, 0.29) is 17.6 Å². The van der Waals surface area contributed by atoms with E-state index in [0.717, 1.165) is 56.2 Å². The molecule has 1 aliphatic heterocycles. The number of benzene rings is 1. The second kappa shape index (κ2) is 12.5. The highest BCUT2D eigenvalue weighted by atomic mass is 16.5. The minimum absolute atomic E-state index is 0.0878. The van der Waals surface area contributed by atoms with Crippen molar-refractivity contribution in [2.45, 2.75) is 45.4 Å². The Labute approximate surface area is 234 Å². The second-order valence-electron chi connectivity index (χ2n) is 11.0. The van der Waals surface area contributed by atoms with Crippen molar-refractivity contribution in [2.24, 2.45) is 0 Å². The summed E-state index contributed by atoms with van der Waals surface area (Å²) in [5, 5.41) is 8.52. The van der Waals surface area contributed by atoms with Crippen molar-refractivity contribution >= 4 is 11.4 Å². The fourth-order valence-corrected chi connectivity index (χ4v) is 4.41. The van der Waals surface area contributed by atoms with E-state index in [0.29, 0.717) is 35.8 Å². The molecule has 0 radical (unpaired) electrons. The van der Waals surface area contributed by atoms with Crippen LogP contribution in [0.5, 0.6) is 5.75 Å². The number of carbonyl (C=O) groups is 1.